The van der Waals surface area contributed by atoms with Gasteiger partial charge in [-0.1, -0.05) is 17.7 Å². The number of nitro benzene ring substituents is 3. The number of hydrogen-bond donors (Lipinski definition) is 1. The van der Waals surface area contributed by atoms with E-state index in [1.807, 2.05) is 0 Å². The molecule has 12 heteroatoms. The molecule has 0 aliphatic rings. The third kappa shape index (κ3) is 3.15. The Kier molecular flexibility index (Phi) is 4.46. The second kappa shape index (κ2) is 6.34. The van der Waals surface area contributed by atoms with Crippen molar-refractivity contribution in [3.63, 3.8) is 0 Å². The van der Waals surface area contributed by atoms with Crippen molar-refractivity contribution in [2.45, 2.75) is 0 Å². The highest BCUT2D eigenvalue weighted by atomic mass is 35.5. The molecule has 2 rings (SSSR count). The number of benzene rings is 2. The van der Waals surface area contributed by atoms with Crippen LogP contribution in [0, 0.1) is 30.3 Å². The third-order valence-electron chi connectivity index (χ3n) is 2.77. The summed E-state index contributed by atoms with van der Waals surface area (Å²) in [6.07, 6.45) is 0. The normalized spacial score (nSPS) is 10.2. The fourth-order valence-electron chi connectivity index (χ4n) is 1.80. The minimum atomic E-state index is -1.12. The lowest BCUT2D eigenvalue weighted by Gasteiger charge is -2.08. The highest BCUT2D eigenvalue weighted by Gasteiger charge is 2.38. The second-order valence-electron chi connectivity index (χ2n) is 4.28. The first-order valence-electron chi connectivity index (χ1n) is 5.99. The number of hydrogen-bond acceptors (Lipinski definition) is 8. The molecule has 0 fully saturated rings. The van der Waals surface area contributed by atoms with E-state index in [0.717, 1.165) is 6.07 Å². The molecule has 0 radical (unpaired) electrons. The highest BCUT2D eigenvalue weighted by molar-refractivity contribution is 6.35. The Balaban J connectivity index is 2.76. The van der Waals surface area contributed by atoms with Crippen LogP contribution in [0.25, 0.3) is 0 Å². The SMILES string of the molecule is O=[N+]([O-])c1cc([N+](=O)[O-])c(Oc2cccc(O)c2)c([N+](=O)[O-])c1Cl. The fraction of sp³-hybridized carbons (Fsp3) is 0. The zero-order valence-corrected chi connectivity index (χ0v) is 12.2. The number of nitrogens with zero attached hydrogens (tertiary/aromatic N) is 3. The van der Waals surface area contributed by atoms with Crippen LogP contribution in [0.4, 0.5) is 17.1 Å². The smallest absolute Gasteiger partial charge is 0.344 e. The average molecular weight is 356 g/mol. The van der Waals surface area contributed by atoms with Crippen LogP contribution in [-0.4, -0.2) is 19.9 Å². The summed E-state index contributed by atoms with van der Waals surface area (Å²) in [7, 11) is 0. The lowest BCUT2D eigenvalue weighted by Crippen LogP contribution is -2.02. The minimum Gasteiger partial charge on any atom is -0.508 e. The molecular weight excluding hydrogens is 350 g/mol. The average Bonchev–Trinajstić information content (AvgIpc) is 2.46. The van der Waals surface area contributed by atoms with E-state index in [1.165, 1.54) is 18.2 Å². The standard InChI is InChI=1S/C12H6ClN3O8/c13-10-8(14(18)19)5-9(15(20)21)12(11(10)16(22)23)24-7-3-1-2-6(17)4-7/h1-5,17H. The second-order valence-corrected chi connectivity index (χ2v) is 4.66. The number of phenols is 1. The minimum absolute atomic E-state index is 0.161. The summed E-state index contributed by atoms with van der Waals surface area (Å²) in [6, 6.07) is 5.38. The Bertz CT molecular complexity index is 870. The molecule has 2 aromatic rings. The Hall–Kier alpha value is -3.47. The van der Waals surface area contributed by atoms with Crippen molar-refractivity contribution < 1.29 is 24.6 Å². The maximum absolute atomic E-state index is 11.2. The summed E-state index contributed by atoms with van der Waals surface area (Å²) in [5.41, 5.74) is -3.14. The molecule has 0 unspecified atom stereocenters. The molecule has 0 saturated heterocycles. The van der Waals surface area contributed by atoms with Crippen molar-refractivity contribution >= 4 is 28.7 Å². The van der Waals surface area contributed by atoms with Crippen molar-refractivity contribution in [2.24, 2.45) is 0 Å². The first-order chi connectivity index (χ1) is 11.2. The van der Waals surface area contributed by atoms with Crippen LogP contribution < -0.4 is 4.74 Å². The van der Waals surface area contributed by atoms with Crippen molar-refractivity contribution in [1.29, 1.82) is 0 Å². The van der Waals surface area contributed by atoms with Gasteiger partial charge in [0.1, 0.15) is 11.5 Å². The van der Waals surface area contributed by atoms with Gasteiger partial charge in [0.25, 0.3) is 5.75 Å². The molecule has 0 bridgehead atoms. The first kappa shape index (κ1) is 16.9. The lowest BCUT2D eigenvalue weighted by atomic mass is 10.2. The molecule has 0 heterocycles. The largest absolute Gasteiger partial charge is 0.508 e. The van der Waals surface area contributed by atoms with E-state index in [0.29, 0.717) is 6.07 Å². The van der Waals surface area contributed by atoms with Gasteiger partial charge >= 0.3 is 17.1 Å². The van der Waals surface area contributed by atoms with Gasteiger partial charge in [0.15, 0.2) is 0 Å². The van der Waals surface area contributed by atoms with E-state index < -0.39 is 42.6 Å². The Morgan fingerprint density at radius 2 is 1.58 bits per heavy atom. The quantitative estimate of drug-likeness (QED) is 0.629. The number of halogens is 1. The molecule has 1 N–H and O–H groups in total. The highest BCUT2D eigenvalue weighted by Crippen LogP contribution is 2.48. The number of nitro groups is 3. The van der Waals surface area contributed by atoms with Crippen LogP contribution in [0.5, 0.6) is 17.2 Å². The Labute approximate surface area is 137 Å². The Morgan fingerprint density at radius 3 is 2.08 bits per heavy atom. The maximum atomic E-state index is 11.2. The van der Waals surface area contributed by atoms with E-state index in [4.69, 9.17) is 16.3 Å². The van der Waals surface area contributed by atoms with E-state index >= 15 is 0 Å². The van der Waals surface area contributed by atoms with Crippen LogP contribution >= 0.6 is 11.6 Å². The summed E-state index contributed by atoms with van der Waals surface area (Å²) in [6.45, 7) is 0. The van der Waals surface area contributed by atoms with Crippen molar-refractivity contribution in [3.05, 3.63) is 65.7 Å². The predicted octanol–water partition coefficient (Wildman–Crippen LogP) is 3.56. The van der Waals surface area contributed by atoms with Gasteiger partial charge in [-0.3, -0.25) is 30.3 Å². The topological polar surface area (TPSA) is 159 Å². The molecular formula is C12H6ClN3O8. The fourth-order valence-corrected chi connectivity index (χ4v) is 2.08. The van der Waals surface area contributed by atoms with Crippen molar-refractivity contribution in [3.8, 4) is 17.2 Å². The number of aromatic hydroxyl groups is 1. The predicted molar refractivity (Wildman–Crippen MR) is 79.6 cm³/mol. The molecule has 11 nitrogen and oxygen atoms in total. The molecule has 0 atom stereocenters. The molecule has 24 heavy (non-hydrogen) atoms. The summed E-state index contributed by atoms with van der Waals surface area (Å²) < 4.78 is 5.11. The van der Waals surface area contributed by atoms with Crippen LogP contribution in [0.2, 0.25) is 5.02 Å². The Morgan fingerprint density at radius 1 is 0.958 bits per heavy atom. The van der Waals surface area contributed by atoms with Gasteiger partial charge in [-0.15, -0.1) is 0 Å². The molecule has 0 aromatic heterocycles. The molecule has 0 aliphatic carbocycles. The van der Waals surface area contributed by atoms with Crippen LogP contribution in [0.3, 0.4) is 0 Å². The molecule has 0 spiro atoms. The van der Waals surface area contributed by atoms with E-state index in [9.17, 15) is 35.4 Å². The van der Waals surface area contributed by atoms with Gasteiger partial charge in [-0.25, -0.2) is 0 Å². The van der Waals surface area contributed by atoms with Gasteiger partial charge in [-0.2, -0.15) is 0 Å². The molecule has 2 aromatic carbocycles. The number of rotatable bonds is 5. The summed E-state index contributed by atoms with van der Waals surface area (Å²) in [5, 5.41) is 41.7. The first-order valence-corrected chi connectivity index (χ1v) is 6.36. The number of phenolic OH excluding ortho intramolecular Hbond substituents is 1. The van der Waals surface area contributed by atoms with Crippen LogP contribution in [-0.2, 0) is 0 Å². The molecule has 0 aliphatic heterocycles. The molecule has 0 saturated carbocycles. The lowest BCUT2D eigenvalue weighted by molar-refractivity contribution is -0.404. The van der Waals surface area contributed by atoms with E-state index in [-0.39, 0.29) is 11.5 Å². The van der Waals surface area contributed by atoms with E-state index in [2.05, 4.69) is 0 Å². The monoisotopic (exact) mass is 355 g/mol. The molecule has 124 valence electrons. The van der Waals surface area contributed by atoms with Gasteiger partial charge in [0.05, 0.1) is 20.8 Å². The van der Waals surface area contributed by atoms with Crippen LogP contribution in [0.15, 0.2) is 30.3 Å². The van der Waals surface area contributed by atoms with Gasteiger partial charge in [-0.05, 0) is 12.1 Å². The van der Waals surface area contributed by atoms with Gasteiger partial charge in [0.2, 0.25) is 5.02 Å². The van der Waals surface area contributed by atoms with Gasteiger partial charge < -0.3 is 9.84 Å². The summed E-state index contributed by atoms with van der Waals surface area (Å²) in [4.78, 5) is 29.9. The molecule has 0 amide bonds. The van der Waals surface area contributed by atoms with E-state index in [1.54, 1.807) is 0 Å². The summed E-state index contributed by atoms with van der Waals surface area (Å²) in [5.74, 6) is -1.30. The summed E-state index contributed by atoms with van der Waals surface area (Å²) >= 11 is 5.64. The van der Waals surface area contributed by atoms with Crippen LogP contribution in [0.1, 0.15) is 0 Å². The maximum Gasteiger partial charge on any atom is 0.344 e. The van der Waals surface area contributed by atoms with Crippen molar-refractivity contribution in [1.82, 2.24) is 0 Å². The zero-order chi connectivity index (χ0) is 18.0. The van der Waals surface area contributed by atoms with Gasteiger partial charge in [0, 0.05) is 6.07 Å². The third-order valence-corrected chi connectivity index (χ3v) is 3.14. The van der Waals surface area contributed by atoms with Crippen molar-refractivity contribution in [2.75, 3.05) is 0 Å². The zero-order valence-electron chi connectivity index (χ0n) is 11.4. The number of ether oxygens (including phenoxy) is 1.